The minimum Gasteiger partial charge on any atom is -0.479 e. The molecule has 0 bridgehead atoms. The Bertz CT molecular complexity index is 427. The molecule has 0 radical (unpaired) electrons. The molecule has 0 atom stereocenters. The van der Waals surface area contributed by atoms with Crippen LogP contribution in [0.1, 0.15) is 0 Å². The van der Waals surface area contributed by atoms with Gasteiger partial charge in [-0.1, -0.05) is 11.6 Å². The molecule has 0 heterocycles. The van der Waals surface area contributed by atoms with Crippen molar-refractivity contribution in [1.29, 1.82) is 0 Å². The van der Waals surface area contributed by atoms with Gasteiger partial charge in [-0.15, -0.1) is 0 Å². The summed E-state index contributed by atoms with van der Waals surface area (Å²) in [5.74, 6) is -1.10. The molecular formula is C8H5BrClNO5. The molecule has 0 aliphatic heterocycles. The van der Waals surface area contributed by atoms with Crippen molar-refractivity contribution in [2.45, 2.75) is 0 Å². The molecule has 0 spiro atoms. The summed E-state index contributed by atoms with van der Waals surface area (Å²) in [6.07, 6.45) is 0. The third-order valence-corrected chi connectivity index (χ3v) is 2.40. The molecule has 16 heavy (non-hydrogen) atoms. The summed E-state index contributed by atoms with van der Waals surface area (Å²) in [6.45, 7) is -0.573. The highest BCUT2D eigenvalue weighted by atomic mass is 79.9. The van der Waals surface area contributed by atoms with E-state index < -0.39 is 17.5 Å². The van der Waals surface area contributed by atoms with E-state index in [0.717, 1.165) is 6.07 Å². The largest absolute Gasteiger partial charge is 0.479 e. The maximum absolute atomic E-state index is 10.5. The lowest BCUT2D eigenvalue weighted by Gasteiger charge is -2.07. The van der Waals surface area contributed by atoms with Gasteiger partial charge in [-0.2, -0.15) is 0 Å². The molecule has 0 aromatic heterocycles. The average Bonchev–Trinajstić information content (AvgIpc) is 2.15. The number of ether oxygens (including phenoxy) is 1. The Kier molecular flexibility index (Phi) is 4.08. The molecule has 0 aliphatic carbocycles. The van der Waals surface area contributed by atoms with E-state index in [-0.39, 0.29) is 20.9 Å². The highest BCUT2D eigenvalue weighted by Gasteiger charge is 2.16. The molecule has 86 valence electrons. The van der Waals surface area contributed by atoms with Crippen LogP contribution in [0.4, 0.5) is 5.69 Å². The summed E-state index contributed by atoms with van der Waals surface area (Å²) in [6, 6.07) is 2.27. The van der Waals surface area contributed by atoms with Crippen molar-refractivity contribution in [1.82, 2.24) is 0 Å². The highest BCUT2D eigenvalue weighted by molar-refractivity contribution is 9.10. The number of carboxylic acid groups (broad SMARTS) is 1. The van der Waals surface area contributed by atoms with Crippen LogP contribution in [0.25, 0.3) is 0 Å². The highest BCUT2D eigenvalue weighted by Crippen LogP contribution is 2.36. The number of aliphatic carboxylic acids is 1. The van der Waals surface area contributed by atoms with E-state index in [1.54, 1.807) is 0 Å². The number of hydrogen-bond donors (Lipinski definition) is 1. The van der Waals surface area contributed by atoms with Crippen molar-refractivity contribution in [2.24, 2.45) is 0 Å². The number of nitro benzene ring substituents is 1. The first-order valence-corrected chi connectivity index (χ1v) is 5.07. The van der Waals surface area contributed by atoms with E-state index in [2.05, 4.69) is 15.9 Å². The summed E-state index contributed by atoms with van der Waals surface area (Å²) in [7, 11) is 0. The molecule has 1 aromatic rings. The molecule has 1 N–H and O–H groups in total. The average molecular weight is 310 g/mol. The van der Waals surface area contributed by atoms with Gasteiger partial charge in [0, 0.05) is 12.1 Å². The fourth-order valence-corrected chi connectivity index (χ4v) is 1.87. The molecule has 1 rings (SSSR count). The third-order valence-electron chi connectivity index (χ3n) is 1.53. The second-order valence-electron chi connectivity index (χ2n) is 2.68. The second kappa shape index (κ2) is 5.13. The zero-order valence-corrected chi connectivity index (χ0v) is 9.99. The zero-order chi connectivity index (χ0) is 12.3. The van der Waals surface area contributed by atoms with Crippen LogP contribution in [0.5, 0.6) is 5.75 Å². The molecule has 6 nitrogen and oxygen atoms in total. The fraction of sp³-hybridized carbons (Fsp3) is 0.125. The van der Waals surface area contributed by atoms with E-state index in [1.807, 2.05) is 0 Å². The topological polar surface area (TPSA) is 89.7 Å². The lowest BCUT2D eigenvalue weighted by Crippen LogP contribution is -2.10. The van der Waals surface area contributed by atoms with Gasteiger partial charge >= 0.3 is 5.97 Å². The summed E-state index contributed by atoms with van der Waals surface area (Å²) in [4.78, 5) is 20.1. The van der Waals surface area contributed by atoms with Gasteiger partial charge in [-0.3, -0.25) is 10.1 Å². The number of rotatable bonds is 4. The molecule has 0 saturated carbocycles. The number of nitro groups is 1. The number of carboxylic acids is 1. The Morgan fingerprint density at radius 2 is 2.25 bits per heavy atom. The molecule has 1 aromatic carbocycles. The van der Waals surface area contributed by atoms with Gasteiger partial charge < -0.3 is 9.84 Å². The SMILES string of the molecule is O=C(O)COc1c(Cl)cc([N+](=O)[O-])cc1Br. The fourth-order valence-electron chi connectivity index (χ4n) is 0.924. The first kappa shape index (κ1) is 12.7. The Balaban J connectivity index is 3.03. The van der Waals surface area contributed by atoms with Gasteiger partial charge in [-0.25, -0.2) is 4.79 Å². The van der Waals surface area contributed by atoms with Crippen LogP contribution in [0.15, 0.2) is 16.6 Å². The quantitative estimate of drug-likeness (QED) is 0.681. The second-order valence-corrected chi connectivity index (χ2v) is 3.94. The number of non-ortho nitro benzene ring substituents is 1. The van der Waals surface area contributed by atoms with Gasteiger partial charge in [-0.05, 0) is 15.9 Å². The van der Waals surface area contributed by atoms with Crippen LogP contribution in [0, 0.1) is 10.1 Å². The van der Waals surface area contributed by atoms with Gasteiger partial charge in [0.2, 0.25) is 0 Å². The molecule has 8 heteroatoms. The Labute approximate surface area is 103 Å². The van der Waals surface area contributed by atoms with E-state index in [1.165, 1.54) is 6.07 Å². The first-order valence-electron chi connectivity index (χ1n) is 3.90. The van der Waals surface area contributed by atoms with Crippen molar-refractivity contribution in [2.75, 3.05) is 6.61 Å². The molecule has 0 unspecified atom stereocenters. The van der Waals surface area contributed by atoms with Crippen LogP contribution < -0.4 is 4.74 Å². The lowest BCUT2D eigenvalue weighted by atomic mass is 10.3. The number of nitrogens with zero attached hydrogens (tertiary/aromatic N) is 1. The molecule has 0 fully saturated rings. The van der Waals surface area contributed by atoms with Crippen molar-refractivity contribution in [3.05, 3.63) is 31.7 Å². The van der Waals surface area contributed by atoms with Crippen LogP contribution in [-0.4, -0.2) is 22.6 Å². The van der Waals surface area contributed by atoms with Crippen LogP contribution in [0.3, 0.4) is 0 Å². The lowest BCUT2D eigenvalue weighted by molar-refractivity contribution is -0.384. The summed E-state index contributed by atoms with van der Waals surface area (Å²) >= 11 is 8.72. The molecule has 0 aliphatic rings. The van der Waals surface area contributed by atoms with Crippen LogP contribution in [-0.2, 0) is 4.79 Å². The zero-order valence-electron chi connectivity index (χ0n) is 7.65. The summed E-state index contributed by atoms with van der Waals surface area (Å²) in [5, 5.41) is 18.9. The number of benzene rings is 1. The standard InChI is InChI=1S/C8H5BrClNO5/c9-5-1-4(11(14)15)2-6(10)8(5)16-3-7(12)13/h1-2H,3H2,(H,12,13). The summed E-state index contributed by atoms with van der Waals surface area (Å²) < 4.78 is 5.09. The van der Waals surface area contributed by atoms with Gasteiger partial charge in [0.1, 0.15) is 0 Å². The Morgan fingerprint density at radius 1 is 1.62 bits per heavy atom. The first-order chi connectivity index (χ1) is 7.41. The Hall–Kier alpha value is -1.34. The van der Waals surface area contributed by atoms with Crippen molar-refractivity contribution >= 4 is 39.2 Å². The number of hydrogen-bond acceptors (Lipinski definition) is 4. The molecule has 0 amide bonds. The minimum atomic E-state index is -1.17. The number of carbonyl (C=O) groups is 1. The van der Waals surface area contributed by atoms with Gasteiger partial charge in [0.05, 0.1) is 14.4 Å². The maximum atomic E-state index is 10.5. The smallest absolute Gasteiger partial charge is 0.341 e. The van der Waals surface area contributed by atoms with Crippen molar-refractivity contribution in [3.63, 3.8) is 0 Å². The van der Waals surface area contributed by atoms with Crippen molar-refractivity contribution < 1.29 is 19.6 Å². The third kappa shape index (κ3) is 3.07. The molecular weight excluding hydrogens is 305 g/mol. The number of halogens is 2. The van der Waals surface area contributed by atoms with E-state index in [4.69, 9.17) is 21.4 Å². The van der Waals surface area contributed by atoms with Gasteiger partial charge in [0.25, 0.3) is 5.69 Å². The summed E-state index contributed by atoms with van der Waals surface area (Å²) in [5.41, 5.74) is -0.209. The monoisotopic (exact) mass is 309 g/mol. The van der Waals surface area contributed by atoms with E-state index in [9.17, 15) is 14.9 Å². The Morgan fingerprint density at radius 3 is 2.69 bits per heavy atom. The van der Waals surface area contributed by atoms with E-state index >= 15 is 0 Å². The predicted octanol–water partition coefficient (Wildman–Crippen LogP) is 2.47. The van der Waals surface area contributed by atoms with Crippen molar-refractivity contribution in [3.8, 4) is 5.75 Å². The normalized spacial score (nSPS) is 9.88. The molecule has 0 saturated heterocycles. The predicted molar refractivity (Wildman–Crippen MR) is 58.9 cm³/mol. The van der Waals surface area contributed by atoms with Crippen LogP contribution >= 0.6 is 27.5 Å². The van der Waals surface area contributed by atoms with Crippen LogP contribution in [0.2, 0.25) is 5.02 Å². The minimum absolute atomic E-state index is 0.0256. The van der Waals surface area contributed by atoms with Gasteiger partial charge in [0.15, 0.2) is 12.4 Å². The maximum Gasteiger partial charge on any atom is 0.341 e. The van der Waals surface area contributed by atoms with E-state index in [0.29, 0.717) is 0 Å².